The highest BCUT2D eigenvalue weighted by Gasteiger charge is 2.49. The average molecular weight is 208 g/mol. The van der Waals surface area contributed by atoms with E-state index in [1.54, 1.807) is 0 Å². The maximum absolute atomic E-state index is 2.44. The summed E-state index contributed by atoms with van der Waals surface area (Å²) in [5, 5.41) is 0. The summed E-state index contributed by atoms with van der Waals surface area (Å²) in [7, 11) is 0. The molecular weight excluding hydrogens is 180 g/mol. The van der Waals surface area contributed by atoms with Crippen molar-refractivity contribution in [1.82, 2.24) is 0 Å². The van der Waals surface area contributed by atoms with Crippen LogP contribution in [-0.2, 0) is 0 Å². The van der Waals surface area contributed by atoms with E-state index in [2.05, 4.69) is 34.6 Å². The van der Waals surface area contributed by atoms with Crippen molar-refractivity contribution in [3.05, 3.63) is 0 Å². The normalized spacial score (nSPS) is 41.2. The van der Waals surface area contributed by atoms with Crippen molar-refractivity contribution in [2.75, 3.05) is 0 Å². The number of hydrogen-bond donors (Lipinski definition) is 0. The largest absolute Gasteiger partial charge is 0.0622 e. The van der Waals surface area contributed by atoms with Gasteiger partial charge in [-0.25, -0.2) is 0 Å². The first kappa shape index (κ1) is 11.5. The molecule has 0 aromatic carbocycles. The lowest BCUT2D eigenvalue weighted by atomic mass is 9.61. The Hall–Kier alpha value is 0. The van der Waals surface area contributed by atoms with E-state index in [-0.39, 0.29) is 0 Å². The van der Waals surface area contributed by atoms with Crippen molar-refractivity contribution in [3.8, 4) is 0 Å². The fourth-order valence-electron chi connectivity index (χ4n) is 4.40. The molecule has 0 amide bonds. The highest BCUT2D eigenvalue weighted by atomic mass is 14.5. The molecule has 0 aromatic heterocycles. The Kier molecular flexibility index (Phi) is 2.68. The molecule has 0 N–H and O–H groups in total. The molecule has 2 fully saturated rings. The second-order valence-electron chi connectivity index (χ2n) is 7.53. The summed E-state index contributed by atoms with van der Waals surface area (Å²) in [4.78, 5) is 0. The van der Waals surface area contributed by atoms with Crippen molar-refractivity contribution in [1.29, 1.82) is 0 Å². The molecule has 2 bridgehead atoms. The first-order valence-electron chi connectivity index (χ1n) is 6.85. The van der Waals surface area contributed by atoms with Gasteiger partial charge in [-0.3, -0.25) is 0 Å². The minimum atomic E-state index is 0.540. The van der Waals surface area contributed by atoms with Gasteiger partial charge in [0.15, 0.2) is 0 Å². The van der Waals surface area contributed by atoms with Gasteiger partial charge in [-0.15, -0.1) is 0 Å². The van der Waals surface area contributed by atoms with Crippen LogP contribution in [0.5, 0.6) is 0 Å². The van der Waals surface area contributed by atoms with Crippen LogP contribution in [0.1, 0.15) is 66.7 Å². The molecule has 0 radical (unpaired) electrons. The molecule has 0 heterocycles. The lowest BCUT2D eigenvalue weighted by Crippen LogP contribution is -2.35. The second-order valence-corrected chi connectivity index (χ2v) is 7.53. The minimum Gasteiger partial charge on any atom is -0.0622 e. The predicted molar refractivity (Wildman–Crippen MR) is 66.8 cm³/mol. The maximum atomic E-state index is 2.44. The summed E-state index contributed by atoms with van der Waals surface area (Å²) in [5.74, 6) is 2.94. The van der Waals surface area contributed by atoms with Crippen LogP contribution in [-0.4, -0.2) is 0 Å². The van der Waals surface area contributed by atoms with Gasteiger partial charge in [-0.2, -0.15) is 0 Å². The first-order valence-corrected chi connectivity index (χ1v) is 6.85. The Labute approximate surface area is 95.8 Å². The fraction of sp³-hybridized carbons (Fsp3) is 1.00. The molecule has 0 nitrogen and oxygen atoms in total. The van der Waals surface area contributed by atoms with Gasteiger partial charge in [-0.05, 0) is 60.7 Å². The van der Waals surface area contributed by atoms with Crippen LogP contribution in [0.3, 0.4) is 0 Å². The van der Waals surface area contributed by atoms with E-state index in [1.807, 2.05) is 0 Å². The van der Waals surface area contributed by atoms with Gasteiger partial charge in [-0.1, -0.05) is 34.6 Å². The number of rotatable bonds is 1. The zero-order chi connectivity index (χ0) is 11.3. The number of hydrogen-bond acceptors (Lipinski definition) is 0. The van der Waals surface area contributed by atoms with E-state index in [9.17, 15) is 0 Å². The molecule has 2 aliphatic carbocycles. The molecule has 0 heteroatoms. The van der Waals surface area contributed by atoms with E-state index in [1.165, 1.54) is 32.1 Å². The number of fused-ring (bicyclic) bond motifs is 2. The van der Waals surface area contributed by atoms with Crippen LogP contribution in [0, 0.1) is 28.6 Å². The lowest BCUT2D eigenvalue weighted by molar-refractivity contribution is 0.0532. The monoisotopic (exact) mass is 208 g/mol. The van der Waals surface area contributed by atoms with Gasteiger partial charge < -0.3 is 0 Å². The summed E-state index contributed by atoms with van der Waals surface area (Å²) in [6, 6.07) is 0. The Balaban J connectivity index is 2.12. The van der Waals surface area contributed by atoms with Gasteiger partial charge in [0.2, 0.25) is 0 Å². The average Bonchev–Trinajstić information content (AvgIpc) is 2.43. The van der Waals surface area contributed by atoms with Crippen molar-refractivity contribution < 1.29 is 0 Å². The topological polar surface area (TPSA) is 0 Å². The van der Waals surface area contributed by atoms with Gasteiger partial charge in [0, 0.05) is 0 Å². The van der Waals surface area contributed by atoms with Crippen LogP contribution < -0.4 is 0 Å². The SMILES string of the molecule is CC(C)C12CCC(C1)C(C(C)(C)C)CC2. The van der Waals surface area contributed by atoms with Crippen LogP contribution in [0.25, 0.3) is 0 Å². The summed E-state index contributed by atoms with van der Waals surface area (Å²) in [6.45, 7) is 12.2. The third-order valence-corrected chi connectivity index (χ3v) is 5.54. The molecular formula is C15H28. The summed E-state index contributed by atoms with van der Waals surface area (Å²) in [5.41, 5.74) is 1.28. The molecule has 3 atom stereocenters. The van der Waals surface area contributed by atoms with Crippen molar-refractivity contribution in [2.45, 2.75) is 66.7 Å². The fourth-order valence-corrected chi connectivity index (χ4v) is 4.40. The maximum Gasteiger partial charge on any atom is -0.0271 e. The summed E-state index contributed by atoms with van der Waals surface area (Å²) < 4.78 is 0. The molecule has 3 unspecified atom stereocenters. The summed E-state index contributed by atoms with van der Waals surface area (Å²) >= 11 is 0. The van der Waals surface area contributed by atoms with Gasteiger partial charge in [0.25, 0.3) is 0 Å². The van der Waals surface area contributed by atoms with Crippen molar-refractivity contribution >= 4 is 0 Å². The third-order valence-electron chi connectivity index (χ3n) is 5.54. The second kappa shape index (κ2) is 3.50. The van der Waals surface area contributed by atoms with E-state index in [0.717, 1.165) is 23.2 Å². The Morgan fingerprint density at radius 3 is 2.20 bits per heavy atom. The Bertz CT molecular complexity index is 233. The van der Waals surface area contributed by atoms with E-state index >= 15 is 0 Å². The Morgan fingerprint density at radius 2 is 1.67 bits per heavy atom. The standard InChI is InChI=1S/C15H28/c1-11(2)15-8-6-12(10-15)13(7-9-15)14(3,4)5/h11-13H,6-10H2,1-5H3. The van der Waals surface area contributed by atoms with Crippen LogP contribution in [0.15, 0.2) is 0 Å². The van der Waals surface area contributed by atoms with Gasteiger partial charge >= 0.3 is 0 Å². The quantitative estimate of drug-likeness (QED) is 0.576. The molecule has 2 rings (SSSR count). The molecule has 0 aliphatic heterocycles. The third kappa shape index (κ3) is 1.85. The van der Waals surface area contributed by atoms with Crippen LogP contribution in [0.4, 0.5) is 0 Å². The van der Waals surface area contributed by atoms with Crippen LogP contribution >= 0.6 is 0 Å². The van der Waals surface area contributed by atoms with E-state index in [0.29, 0.717) is 5.41 Å². The smallest absolute Gasteiger partial charge is 0.0271 e. The first-order chi connectivity index (χ1) is 6.85. The minimum absolute atomic E-state index is 0.540. The molecule has 0 saturated heterocycles. The molecule has 88 valence electrons. The lowest BCUT2D eigenvalue weighted by Gasteiger charge is -2.45. The Morgan fingerprint density at radius 1 is 1.07 bits per heavy atom. The zero-order valence-electron chi connectivity index (χ0n) is 11.3. The highest BCUT2D eigenvalue weighted by Crippen LogP contribution is 2.60. The predicted octanol–water partition coefficient (Wildman–Crippen LogP) is 4.89. The molecule has 0 spiro atoms. The van der Waals surface area contributed by atoms with Gasteiger partial charge in [0.1, 0.15) is 0 Å². The zero-order valence-corrected chi connectivity index (χ0v) is 11.3. The highest BCUT2D eigenvalue weighted by molar-refractivity contribution is 5.00. The molecule has 2 aliphatic rings. The van der Waals surface area contributed by atoms with Gasteiger partial charge in [0.05, 0.1) is 0 Å². The van der Waals surface area contributed by atoms with Crippen LogP contribution in [0.2, 0.25) is 0 Å². The molecule has 0 aromatic rings. The van der Waals surface area contributed by atoms with Crippen molar-refractivity contribution in [2.24, 2.45) is 28.6 Å². The van der Waals surface area contributed by atoms with Crippen molar-refractivity contribution in [3.63, 3.8) is 0 Å². The van der Waals surface area contributed by atoms with E-state index < -0.39 is 0 Å². The molecule has 15 heavy (non-hydrogen) atoms. The molecule has 2 saturated carbocycles. The van der Waals surface area contributed by atoms with E-state index in [4.69, 9.17) is 0 Å². The summed E-state index contributed by atoms with van der Waals surface area (Å²) in [6.07, 6.45) is 7.56.